The summed E-state index contributed by atoms with van der Waals surface area (Å²) in [5.74, 6) is 0. The first kappa shape index (κ1) is 7.91. The smallest absolute Gasteiger partial charge is 0.158 e. The highest BCUT2D eigenvalue weighted by molar-refractivity contribution is 5.74. The van der Waals surface area contributed by atoms with E-state index in [0.29, 0.717) is 5.56 Å². The molecule has 0 saturated heterocycles. The van der Waals surface area contributed by atoms with Crippen LogP contribution in [0.1, 0.15) is 21.6 Å². The largest absolute Gasteiger partial charge is 0.298 e. The zero-order valence-corrected chi connectivity index (χ0v) is 7.48. The van der Waals surface area contributed by atoms with Gasteiger partial charge in [0.25, 0.3) is 0 Å². The van der Waals surface area contributed by atoms with Crippen molar-refractivity contribution >= 4 is 11.9 Å². The minimum absolute atomic E-state index is 0.537. The van der Waals surface area contributed by atoms with E-state index in [1.807, 2.05) is 13.8 Å². The van der Waals surface area contributed by atoms with Crippen molar-refractivity contribution in [3.8, 4) is 0 Å². The summed E-state index contributed by atoms with van der Waals surface area (Å²) in [4.78, 5) is 14.6. The Labute approximate surface area is 75.2 Å². The Balaban J connectivity index is 2.79. The SMILES string of the molecule is Cc1nn2cc(C=O)cnc2c1C. The van der Waals surface area contributed by atoms with Crippen molar-refractivity contribution in [2.24, 2.45) is 0 Å². The molecule has 2 aromatic rings. The summed E-state index contributed by atoms with van der Waals surface area (Å²) in [5.41, 5.74) is 3.34. The molecule has 0 fully saturated rings. The second-order valence-electron chi connectivity index (χ2n) is 2.98. The highest BCUT2D eigenvalue weighted by Crippen LogP contribution is 2.10. The summed E-state index contributed by atoms with van der Waals surface area (Å²) in [6, 6.07) is 0. The third-order valence-electron chi connectivity index (χ3n) is 2.10. The summed E-state index contributed by atoms with van der Waals surface area (Å²) >= 11 is 0. The zero-order valence-electron chi connectivity index (χ0n) is 7.48. The molecule has 0 radical (unpaired) electrons. The topological polar surface area (TPSA) is 47.3 Å². The molecule has 4 heteroatoms. The lowest BCUT2D eigenvalue weighted by molar-refractivity contribution is 0.112. The number of aldehydes is 1. The van der Waals surface area contributed by atoms with E-state index in [1.165, 1.54) is 0 Å². The van der Waals surface area contributed by atoms with Crippen molar-refractivity contribution < 1.29 is 4.79 Å². The van der Waals surface area contributed by atoms with Gasteiger partial charge in [0.05, 0.1) is 11.3 Å². The van der Waals surface area contributed by atoms with Gasteiger partial charge in [-0.1, -0.05) is 0 Å². The van der Waals surface area contributed by atoms with Crippen molar-refractivity contribution in [3.05, 3.63) is 29.2 Å². The summed E-state index contributed by atoms with van der Waals surface area (Å²) < 4.78 is 1.63. The van der Waals surface area contributed by atoms with E-state index in [-0.39, 0.29) is 0 Å². The molecule has 2 heterocycles. The fourth-order valence-corrected chi connectivity index (χ4v) is 1.23. The second kappa shape index (κ2) is 2.65. The molecule has 0 saturated carbocycles. The van der Waals surface area contributed by atoms with Crippen molar-refractivity contribution in [1.29, 1.82) is 0 Å². The van der Waals surface area contributed by atoms with Gasteiger partial charge in [0.2, 0.25) is 0 Å². The van der Waals surface area contributed by atoms with Gasteiger partial charge in [0, 0.05) is 18.0 Å². The maximum atomic E-state index is 10.5. The van der Waals surface area contributed by atoms with Gasteiger partial charge in [-0.15, -0.1) is 0 Å². The molecule has 0 N–H and O–H groups in total. The van der Waals surface area contributed by atoms with Crippen LogP contribution in [0, 0.1) is 13.8 Å². The molecule has 2 aromatic heterocycles. The van der Waals surface area contributed by atoms with Gasteiger partial charge in [0.1, 0.15) is 0 Å². The molecule has 0 amide bonds. The van der Waals surface area contributed by atoms with Crippen LogP contribution in [0.15, 0.2) is 12.4 Å². The molecule has 0 unspecified atom stereocenters. The van der Waals surface area contributed by atoms with Gasteiger partial charge in [0.15, 0.2) is 11.9 Å². The van der Waals surface area contributed by atoms with E-state index in [4.69, 9.17) is 0 Å². The number of hydrogen-bond acceptors (Lipinski definition) is 3. The van der Waals surface area contributed by atoms with Crippen molar-refractivity contribution in [1.82, 2.24) is 14.6 Å². The standard InChI is InChI=1S/C9H9N3O/c1-6-7(2)11-12-4-8(5-13)3-10-9(6)12/h3-5H,1-2H3. The van der Waals surface area contributed by atoms with Crippen LogP contribution in [0.3, 0.4) is 0 Å². The molecule has 0 atom stereocenters. The van der Waals surface area contributed by atoms with E-state index >= 15 is 0 Å². The van der Waals surface area contributed by atoms with Crippen LogP contribution in [0.5, 0.6) is 0 Å². The zero-order chi connectivity index (χ0) is 9.42. The van der Waals surface area contributed by atoms with Crippen molar-refractivity contribution in [2.75, 3.05) is 0 Å². The van der Waals surface area contributed by atoms with Crippen LogP contribution in [0.2, 0.25) is 0 Å². The Morgan fingerprint density at radius 3 is 2.92 bits per heavy atom. The lowest BCUT2D eigenvalue weighted by Gasteiger charge is -1.92. The minimum atomic E-state index is 0.537. The van der Waals surface area contributed by atoms with E-state index in [2.05, 4.69) is 10.1 Å². The van der Waals surface area contributed by atoms with Gasteiger partial charge in [-0.05, 0) is 13.8 Å². The van der Waals surface area contributed by atoms with Crippen LogP contribution in [0.4, 0.5) is 0 Å². The number of rotatable bonds is 1. The predicted molar refractivity (Wildman–Crippen MR) is 47.8 cm³/mol. The molecule has 0 aliphatic rings. The van der Waals surface area contributed by atoms with E-state index in [0.717, 1.165) is 23.2 Å². The van der Waals surface area contributed by atoms with E-state index in [1.54, 1.807) is 16.9 Å². The molecule has 13 heavy (non-hydrogen) atoms. The lowest BCUT2D eigenvalue weighted by atomic mass is 10.3. The summed E-state index contributed by atoms with van der Waals surface area (Å²) in [5, 5.41) is 4.22. The Morgan fingerprint density at radius 2 is 2.23 bits per heavy atom. The molecule has 0 spiro atoms. The van der Waals surface area contributed by atoms with Crippen LogP contribution >= 0.6 is 0 Å². The predicted octanol–water partition coefficient (Wildman–Crippen LogP) is 1.16. The number of carbonyl (C=O) groups is 1. The first-order valence-corrected chi connectivity index (χ1v) is 3.99. The number of fused-ring (bicyclic) bond motifs is 1. The molecule has 0 aromatic carbocycles. The van der Waals surface area contributed by atoms with Crippen LogP contribution in [-0.2, 0) is 0 Å². The fourth-order valence-electron chi connectivity index (χ4n) is 1.23. The normalized spacial score (nSPS) is 10.6. The van der Waals surface area contributed by atoms with E-state index < -0.39 is 0 Å². The molecule has 0 bridgehead atoms. The Morgan fingerprint density at radius 1 is 1.46 bits per heavy atom. The van der Waals surface area contributed by atoms with Gasteiger partial charge in [-0.2, -0.15) is 5.10 Å². The first-order valence-electron chi connectivity index (χ1n) is 3.99. The molecule has 0 aliphatic heterocycles. The summed E-state index contributed by atoms with van der Waals surface area (Å²) in [6.45, 7) is 3.88. The molecule has 0 aliphatic carbocycles. The lowest BCUT2D eigenvalue weighted by Crippen LogP contribution is -1.93. The van der Waals surface area contributed by atoms with Gasteiger partial charge in [-0.3, -0.25) is 4.79 Å². The van der Waals surface area contributed by atoms with Gasteiger partial charge < -0.3 is 0 Å². The van der Waals surface area contributed by atoms with Crippen LogP contribution < -0.4 is 0 Å². The molecular weight excluding hydrogens is 166 g/mol. The summed E-state index contributed by atoms with van der Waals surface area (Å²) in [6.07, 6.45) is 3.99. The fraction of sp³-hybridized carbons (Fsp3) is 0.222. The molecule has 2 rings (SSSR count). The Kier molecular flexibility index (Phi) is 1.62. The molecular formula is C9H9N3O. The maximum Gasteiger partial charge on any atom is 0.158 e. The van der Waals surface area contributed by atoms with Gasteiger partial charge >= 0.3 is 0 Å². The molecule has 4 nitrogen and oxygen atoms in total. The van der Waals surface area contributed by atoms with Crippen molar-refractivity contribution in [3.63, 3.8) is 0 Å². The number of hydrogen-bond donors (Lipinski definition) is 0. The minimum Gasteiger partial charge on any atom is -0.298 e. The summed E-state index contributed by atoms with van der Waals surface area (Å²) in [7, 11) is 0. The average Bonchev–Trinajstić information content (AvgIpc) is 2.42. The number of nitrogens with zero attached hydrogens (tertiary/aromatic N) is 3. The Bertz CT molecular complexity index is 473. The van der Waals surface area contributed by atoms with Crippen LogP contribution in [-0.4, -0.2) is 20.9 Å². The van der Waals surface area contributed by atoms with Crippen molar-refractivity contribution in [2.45, 2.75) is 13.8 Å². The first-order chi connectivity index (χ1) is 6.22. The Hall–Kier alpha value is -1.71. The number of aromatic nitrogens is 3. The second-order valence-corrected chi connectivity index (χ2v) is 2.98. The maximum absolute atomic E-state index is 10.5. The third kappa shape index (κ3) is 1.11. The highest BCUT2D eigenvalue weighted by Gasteiger charge is 2.05. The highest BCUT2D eigenvalue weighted by atomic mass is 16.1. The molecule has 66 valence electrons. The quantitative estimate of drug-likeness (QED) is 0.611. The van der Waals surface area contributed by atoms with Crippen LogP contribution in [0.25, 0.3) is 5.65 Å². The monoisotopic (exact) mass is 175 g/mol. The number of aryl methyl sites for hydroxylation is 2. The number of carbonyl (C=O) groups excluding carboxylic acids is 1. The third-order valence-corrected chi connectivity index (χ3v) is 2.10. The van der Waals surface area contributed by atoms with Gasteiger partial charge in [-0.25, -0.2) is 9.50 Å². The van der Waals surface area contributed by atoms with E-state index in [9.17, 15) is 4.79 Å². The average molecular weight is 175 g/mol.